The molecule has 24 heavy (non-hydrogen) atoms. The van der Waals surface area contributed by atoms with Gasteiger partial charge < -0.3 is 0 Å². The Balaban J connectivity index is 1.68. The van der Waals surface area contributed by atoms with Crippen molar-refractivity contribution in [1.29, 1.82) is 0 Å². The Kier molecular flexibility index (Phi) is 3.69. The van der Waals surface area contributed by atoms with Crippen LogP contribution in [0.5, 0.6) is 0 Å². The molecule has 0 aliphatic carbocycles. The van der Waals surface area contributed by atoms with E-state index in [2.05, 4.69) is 12.1 Å². The van der Waals surface area contributed by atoms with Crippen molar-refractivity contribution in [2.75, 3.05) is 0 Å². The lowest BCUT2D eigenvalue weighted by atomic mass is 10.0. The van der Waals surface area contributed by atoms with E-state index in [0.717, 1.165) is 24.8 Å². The molecule has 0 atom stereocenters. The maximum atomic E-state index is 12.5. The normalized spacial score (nSPS) is 13.7. The molecule has 0 unspecified atom stereocenters. The molecule has 0 amide bonds. The van der Waals surface area contributed by atoms with E-state index < -0.39 is 0 Å². The van der Waals surface area contributed by atoms with Gasteiger partial charge in [0.15, 0.2) is 0 Å². The van der Waals surface area contributed by atoms with Crippen molar-refractivity contribution in [2.45, 2.75) is 32.4 Å². The fourth-order valence-electron chi connectivity index (χ4n) is 3.29. The van der Waals surface area contributed by atoms with Gasteiger partial charge in [-0.2, -0.15) is 0 Å². The van der Waals surface area contributed by atoms with Gasteiger partial charge in [-0.25, -0.2) is 23.5 Å². The average Bonchev–Trinajstić information content (AvgIpc) is 2.88. The lowest BCUT2D eigenvalue weighted by molar-refractivity contribution is 0.348. The summed E-state index contributed by atoms with van der Waals surface area (Å²) in [6, 6.07) is 17.9. The summed E-state index contributed by atoms with van der Waals surface area (Å²) in [6.45, 7) is 1.24. The van der Waals surface area contributed by atoms with Crippen molar-refractivity contribution in [3.8, 4) is 5.69 Å². The van der Waals surface area contributed by atoms with Crippen molar-refractivity contribution in [3.05, 3.63) is 86.7 Å². The fourth-order valence-corrected chi connectivity index (χ4v) is 3.29. The molecule has 0 fully saturated rings. The van der Waals surface area contributed by atoms with Crippen molar-refractivity contribution in [2.24, 2.45) is 0 Å². The minimum atomic E-state index is -0.240. The lowest BCUT2D eigenvalue weighted by Crippen LogP contribution is -2.30. The Labute approximate surface area is 139 Å². The molecule has 0 saturated carbocycles. The van der Waals surface area contributed by atoms with Gasteiger partial charge in [0, 0.05) is 13.1 Å². The molecule has 5 heteroatoms. The molecule has 3 aromatic rings. The number of hydrogen-bond acceptors (Lipinski definition) is 2. The lowest BCUT2D eigenvalue weighted by Gasteiger charge is -2.13. The van der Waals surface area contributed by atoms with E-state index in [1.807, 2.05) is 42.5 Å². The molecule has 2 heterocycles. The summed E-state index contributed by atoms with van der Waals surface area (Å²) in [5, 5.41) is 0. The molecule has 5 nitrogen and oxygen atoms in total. The molecule has 2 aromatic carbocycles. The molecule has 1 aliphatic heterocycles. The van der Waals surface area contributed by atoms with Gasteiger partial charge in [0.25, 0.3) is 0 Å². The molecule has 0 spiro atoms. The first-order valence-corrected chi connectivity index (χ1v) is 8.30. The van der Waals surface area contributed by atoms with Crippen molar-refractivity contribution in [3.63, 3.8) is 0 Å². The first-order chi connectivity index (χ1) is 11.7. The van der Waals surface area contributed by atoms with E-state index in [-0.39, 0.29) is 11.4 Å². The molecule has 1 aliphatic rings. The zero-order chi connectivity index (χ0) is 16.5. The van der Waals surface area contributed by atoms with Crippen molar-refractivity contribution in [1.82, 2.24) is 13.9 Å². The van der Waals surface area contributed by atoms with E-state index in [0.29, 0.717) is 18.8 Å². The van der Waals surface area contributed by atoms with Crippen LogP contribution in [0.15, 0.2) is 64.2 Å². The van der Waals surface area contributed by atoms with E-state index in [4.69, 9.17) is 0 Å². The highest BCUT2D eigenvalue weighted by atomic mass is 16.2. The van der Waals surface area contributed by atoms with Gasteiger partial charge in [0.05, 0.1) is 5.69 Å². The molecule has 0 saturated heterocycles. The number of fused-ring (bicyclic) bond motifs is 1. The summed E-state index contributed by atoms with van der Waals surface area (Å²) in [6.07, 6.45) is 2.72. The van der Waals surface area contributed by atoms with Crippen LogP contribution in [0.25, 0.3) is 5.69 Å². The zero-order valence-electron chi connectivity index (χ0n) is 13.4. The zero-order valence-corrected chi connectivity index (χ0v) is 13.4. The van der Waals surface area contributed by atoms with Gasteiger partial charge in [-0.15, -0.1) is 0 Å². The smallest absolute Gasteiger partial charge is 0.246 e. The van der Waals surface area contributed by atoms with Crippen LogP contribution in [-0.2, 0) is 19.5 Å². The third-order valence-corrected chi connectivity index (χ3v) is 4.55. The molecular formula is C19H19N3O2. The van der Waals surface area contributed by atoms with E-state index >= 15 is 0 Å². The van der Waals surface area contributed by atoms with Crippen LogP contribution >= 0.6 is 0 Å². The number of hydrogen-bond donors (Lipinski definition) is 0. The molecule has 4 rings (SSSR count). The topological polar surface area (TPSA) is 48.9 Å². The van der Waals surface area contributed by atoms with Crippen molar-refractivity contribution >= 4 is 0 Å². The van der Waals surface area contributed by atoms with Crippen LogP contribution < -0.4 is 11.4 Å². The van der Waals surface area contributed by atoms with E-state index in [1.165, 1.54) is 10.1 Å². The van der Waals surface area contributed by atoms with Gasteiger partial charge in [-0.1, -0.05) is 42.5 Å². The second-order valence-corrected chi connectivity index (χ2v) is 6.18. The summed E-state index contributed by atoms with van der Waals surface area (Å²) in [4.78, 5) is 25.0. The van der Waals surface area contributed by atoms with Crippen LogP contribution in [0.1, 0.15) is 24.0 Å². The van der Waals surface area contributed by atoms with Gasteiger partial charge >= 0.3 is 11.4 Å². The third kappa shape index (κ3) is 2.52. The predicted octanol–water partition coefficient (Wildman–Crippen LogP) is 2.19. The second-order valence-electron chi connectivity index (χ2n) is 6.18. The highest BCUT2D eigenvalue weighted by molar-refractivity contribution is 5.36. The monoisotopic (exact) mass is 321 g/mol. The number of benzene rings is 2. The highest BCUT2D eigenvalue weighted by Gasteiger charge is 2.19. The summed E-state index contributed by atoms with van der Waals surface area (Å²) in [7, 11) is 0. The molecule has 0 radical (unpaired) electrons. The molecule has 122 valence electrons. The largest absolute Gasteiger partial charge is 0.351 e. The molecule has 0 bridgehead atoms. The van der Waals surface area contributed by atoms with Crippen LogP contribution in [0.4, 0.5) is 0 Å². The molecule has 0 N–H and O–H groups in total. The standard InChI is InChI=1S/C19H19N3O2/c23-18-20-12-4-5-13-21(20)19(24)22(18)17-10-8-16(9-11-17)14-15-6-2-1-3-7-15/h1-3,6-11H,4-5,12-14H2. The van der Waals surface area contributed by atoms with Crippen molar-refractivity contribution < 1.29 is 0 Å². The number of nitrogens with zero attached hydrogens (tertiary/aromatic N) is 3. The van der Waals surface area contributed by atoms with Crippen LogP contribution in [0.3, 0.4) is 0 Å². The van der Waals surface area contributed by atoms with Crippen LogP contribution in [0.2, 0.25) is 0 Å². The summed E-state index contributed by atoms with van der Waals surface area (Å²) < 4.78 is 4.39. The van der Waals surface area contributed by atoms with E-state index in [9.17, 15) is 9.59 Å². The van der Waals surface area contributed by atoms with Gasteiger partial charge in [0.1, 0.15) is 0 Å². The number of aromatic nitrogens is 3. The minimum Gasteiger partial charge on any atom is -0.246 e. The van der Waals surface area contributed by atoms with Gasteiger partial charge in [-0.05, 0) is 42.5 Å². The van der Waals surface area contributed by atoms with Crippen LogP contribution in [-0.4, -0.2) is 13.9 Å². The predicted molar refractivity (Wildman–Crippen MR) is 92.8 cm³/mol. The Morgan fingerprint density at radius 3 is 1.83 bits per heavy atom. The van der Waals surface area contributed by atoms with E-state index in [1.54, 1.807) is 9.36 Å². The maximum Gasteiger partial charge on any atom is 0.351 e. The first-order valence-electron chi connectivity index (χ1n) is 8.30. The summed E-state index contributed by atoms with van der Waals surface area (Å²) in [5.74, 6) is 0. The maximum absolute atomic E-state index is 12.5. The summed E-state index contributed by atoms with van der Waals surface area (Å²) in [5.41, 5.74) is 2.55. The SMILES string of the molecule is O=c1n(-c2ccc(Cc3ccccc3)cc2)c(=O)n2n1CCCC2. The third-order valence-electron chi connectivity index (χ3n) is 4.55. The summed E-state index contributed by atoms with van der Waals surface area (Å²) >= 11 is 0. The van der Waals surface area contributed by atoms with Gasteiger partial charge in [-0.3, -0.25) is 0 Å². The quantitative estimate of drug-likeness (QED) is 0.742. The Bertz CT molecular complexity index is 925. The van der Waals surface area contributed by atoms with Gasteiger partial charge in [0.2, 0.25) is 0 Å². The fraction of sp³-hybridized carbons (Fsp3) is 0.263. The highest BCUT2D eigenvalue weighted by Crippen LogP contribution is 2.12. The number of rotatable bonds is 3. The average molecular weight is 321 g/mol. The van der Waals surface area contributed by atoms with Crippen LogP contribution in [0, 0.1) is 0 Å². The second kappa shape index (κ2) is 6.00. The minimum absolute atomic E-state index is 0.240. The molecule has 1 aromatic heterocycles. The Hall–Kier alpha value is -2.82. The first kappa shape index (κ1) is 14.8. The Morgan fingerprint density at radius 1 is 0.708 bits per heavy atom. The molecular weight excluding hydrogens is 302 g/mol. The Morgan fingerprint density at radius 2 is 1.25 bits per heavy atom.